The lowest BCUT2D eigenvalue weighted by Crippen LogP contribution is -2.53. The van der Waals surface area contributed by atoms with Gasteiger partial charge in [0.15, 0.2) is 23.0 Å². The lowest BCUT2D eigenvalue weighted by molar-refractivity contribution is -0.119. The first kappa shape index (κ1) is 22.9. The maximum atomic E-state index is 12.6. The summed E-state index contributed by atoms with van der Waals surface area (Å²) < 4.78 is 21.5. The van der Waals surface area contributed by atoms with E-state index >= 15 is 0 Å². The summed E-state index contributed by atoms with van der Waals surface area (Å²) in [4.78, 5) is 12.6. The van der Waals surface area contributed by atoms with Crippen molar-refractivity contribution >= 4 is 5.78 Å². The average molecular weight is 438 g/mol. The third-order valence-electron chi connectivity index (χ3n) is 6.07. The first-order valence-corrected chi connectivity index (χ1v) is 9.45. The third-order valence-corrected chi connectivity index (χ3v) is 6.07. The molecule has 1 fully saturated rings. The van der Waals surface area contributed by atoms with Crippen LogP contribution in [0.15, 0.2) is 35.8 Å². The number of phenols is 2. The topological polar surface area (TPSA) is 155 Å². The Balaban J connectivity index is 2.37. The molecule has 1 spiro atoms. The molecule has 1 aliphatic carbocycles. The Morgan fingerprint density at radius 1 is 1.10 bits per heavy atom. The molecule has 5 N–H and O–H groups in total. The van der Waals surface area contributed by atoms with Gasteiger partial charge in [0, 0.05) is 0 Å². The van der Waals surface area contributed by atoms with Crippen molar-refractivity contribution in [3.63, 3.8) is 0 Å². The normalized spacial score (nSPS) is 25.7. The molecular formula is C21H26O10. The highest BCUT2D eigenvalue weighted by Crippen LogP contribution is 2.57. The van der Waals surface area contributed by atoms with Gasteiger partial charge >= 0.3 is 0 Å². The Bertz CT molecular complexity index is 897. The van der Waals surface area contributed by atoms with Crippen LogP contribution in [0.5, 0.6) is 17.2 Å². The van der Waals surface area contributed by atoms with E-state index in [2.05, 4.69) is 0 Å². The molecule has 3 atom stereocenters. The summed E-state index contributed by atoms with van der Waals surface area (Å²) in [6.07, 6.45) is 0.329. The monoisotopic (exact) mass is 438 g/mol. The van der Waals surface area contributed by atoms with Gasteiger partial charge in [-0.2, -0.15) is 0 Å². The van der Waals surface area contributed by atoms with Gasteiger partial charge in [-0.05, 0) is 29.8 Å². The molecule has 1 unspecified atom stereocenters. The van der Waals surface area contributed by atoms with E-state index in [1.54, 1.807) is 0 Å². The number of hydrogen-bond donors (Lipinski definition) is 5. The fourth-order valence-corrected chi connectivity index (χ4v) is 4.40. The Kier molecular flexibility index (Phi) is 6.19. The zero-order chi connectivity index (χ0) is 23.0. The molecule has 1 saturated heterocycles. The molecule has 1 heterocycles. The number of aliphatic hydroxyl groups is 3. The van der Waals surface area contributed by atoms with Gasteiger partial charge in [-0.1, -0.05) is 0 Å². The van der Waals surface area contributed by atoms with Crippen molar-refractivity contribution in [1.29, 1.82) is 0 Å². The van der Waals surface area contributed by atoms with Crippen LogP contribution in [-0.4, -0.2) is 84.7 Å². The number of methoxy groups -OCH3 is 3. The number of aromatic hydroxyl groups is 2. The van der Waals surface area contributed by atoms with E-state index in [4.69, 9.17) is 18.9 Å². The first-order valence-electron chi connectivity index (χ1n) is 9.45. The van der Waals surface area contributed by atoms with E-state index in [0.717, 1.165) is 0 Å². The number of ketones is 1. The molecule has 0 bridgehead atoms. The van der Waals surface area contributed by atoms with Gasteiger partial charge in [0.05, 0.1) is 58.1 Å². The zero-order valence-corrected chi connectivity index (χ0v) is 17.4. The molecule has 3 rings (SSSR count). The lowest BCUT2D eigenvalue weighted by atomic mass is 9.57. The zero-order valence-electron chi connectivity index (χ0n) is 17.4. The molecular weight excluding hydrogens is 412 g/mol. The van der Waals surface area contributed by atoms with E-state index in [1.807, 2.05) is 0 Å². The van der Waals surface area contributed by atoms with Gasteiger partial charge in [0.2, 0.25) is 5.75 Å². The highest BCUT2D eigenvalue weighted by atomic mass is 16.5. The maximum absolute atomic E-state index is 12.6. The molecule has 2 aliphatic rings. The second-order valence-electron chi connectivity index (χ2n) is 7.46. The molecule has 1 aromatic carbocycles. The number of carbonyl (C=O) groups is 1. The highest BCUT2D eigenvalue weighted by Gasteiger charge is 2.64. The van der Waals surface area contributed by atoms with Crippen molar-refractivity contribution in [3.05, 3.63) is 41.4 Å². The molecule has 0 aromatic heterocycles. The standard InChI is InChI=1S/C21H26O10/c1-28-14-5-11(4-12(24)17(14)26)21(9-23)10-31-19(13(25)8-22)20(21)6-15(29-2)18(27)16(7-20)30-3/h4-7,13,19,22-26H,8-10H2,1-3H3/t13?,19-,21+/m0/s1. The van der Waals surface area contributed by atoms with Gasteiger partial charge in [0.1, 0.15) is 6.10 Å². The number of aliphatic hydroxyl groups excluding tert-OH is 3. The largest absolute Gasteiger partial charge is 0.504 e. The van der Waals surface area contributed by atoms with E-state index in [1.165, 1.54) is 45.6 Å². The summed E-state index contributed by atoms with van der Waals surface area (Å²) in [6, 6.07) is 2.66. The Hall–Kier alpha value is -2.79. The van der Waals surface area contributed by atoms with Crippen LogP contribution < -0.4 is 4.74 Å². The van der Waals surface area contributed by atoms with E-state index in [0.29, 0.717) is 5.56 Å². The summed E-state index contributed by atoms with van der Waals surface area (Å²) in [5, 5.41) is 51.1. The van der Waals surface area contributed by atoms with Crippen molar-refractivity contribution in [2.24, 2.45) is 5.41 Å². The average Bonchev–Trinajstić information content (AvgIpc) is 3.10. The number of Topliss-reactive ketones (excluding diaryl/α,β-unsaturated/α-hetero) is 1. The van der Waals surface area contributed by atoms with Crippen molar-refractivity contribution in [1.82, 2.24) is 0 Å². The highest BCUT2D eigenvalue weighted by molar-refractivity contribution is 6.06. The molecule has 0 amide bonds. The quantitative estimate of drug-likeness (QED) is 0.359. The Morgan fingerprint density at radius 2 is 1.71 bits per heavy atom. The van der Waals surface area contributed by atoms with Crippen LogP contribution in [-0.2, 0) is 24.4 Å². The van der Waals surface area contributed by atoms with Crippen molar-refractivity contribution in [2.75, 3.05) is 41.2 Å². The predicted molar refractivity (Wildman–Crippen MR) is 106 cm³/mol. The number of ether oxygens (including phenoxy) is 4. The van der Waals surface area contributed by atoms with Crippen LogP contribution in [0, 0.1) is 5.41 Å². The molecule has 1 aromatic rings. The lowest BCUT2D eigenvalue weighted by Gasteiger charge is -2.45. The minimum absolute atomic E-state index is 0.0529. The molecule has 0 saturated carbocycles. The number of rotatable bonds is 7. The van der Waals surface area contributed by atoms with E-state index < -0.39 is 53.5 Å². The van der Waals surface area contributed by atoms with Gasteiger partial charge in [-0.25, -0.2) is 0 Å². The van der Waals surface area contributed by atoms with Crippen LogP contribution in [0.3, 0.4) is 0 Å². The molecule has 170 valence electrons. The molecule has 10 heteroatoms. The van der Waals surface area contributed by atoms with E-state index in [9.17, 15) is 30.3 Å². The summed E-state index contributed by atoms with van der Waals surface area (Å²) >= 11 is 0. The van der Waals surface area contributed by atoms with Crippen LogP contribution in [0.2, 0.25) is 0 Å². The summed E-state index contributed by atoms with van der Waals surface area (Å²) in [6.45, 7) is -1.39. The van der Waals surface area contributed by atoms with Crippen molar-refractivity contribution < 1.29 is 49.3 Å². The van der Waals surface area contributed by atoms with Crippen LogP contribution in [0.25, 0.3) is 0 Å². The third kappa shape index (κ3) is 3.23. The second kappa shape index (κ2) is 8.39. The Labute approximate surface area is 178 Å². The summed E-state index contributed by atoms with van der Waals surface area (Å²) in [5.41, 5.74) is -2.54. The van der Waals surface area contributed by atoms with Crippen molar-refractivity contribution in [2.45, 2.75) is 17.6 Å². The number of hydrogen-bond acceptors (Lipinski definition) is 10. The van der Waals surface area contributed by atoms with E-state index in [-0.39, 0.29) is 23.9 Å². The SMILES string of the molecule is COC1=CC2(C=C(OC)C1=O)[C@H](C(O)CO)OC[C@]2(CO)c1cc(O)c(O)c(OC)c1. The second-order valence-corrected chi connectivity index (χ2v) is 7.46. The van der Waals surface area contributed by atoms with Gasteiger partial charge in [-0.15, -0.1) is 0 Å². The fraction of sp³-hybridized carbons (Fsp3) is 0.476. The summed E-state index contributed by atoms with van der Waals surface area (Å²) in [5.74, 6) is -1.79. The summed E-state index contributed by atoms with van der Waals surface area (Å²) in [7, 11) is 3.88. The smallest absolute Gasteiger partial charge is 0.261 e. The predicted octanol–water partition coefficient (Wildman–Crippen LogP) is -0.282. The van der Waals surface area contributed by atoms with Gasteiger partial charge in [0.25, 0.3) is 5.78 Å². The first-order chi connectivity index (χ1) is 14.7. The maximum Gasteiger partial charge on any atom is 0.261 e. The van der Waals surface area contributed by atoms with Gasteiger partial charge in [-0.3, -0.25) is 4.79 Å². The molecule has 10 nitrogen and oxygen atoms in total. The molecule has 31 heavy (non-hydrogen) atoms. The fourth-order valence-electron chi connectivity index (χ4n) is 4.40. The number of carbonyl (C=O) groups excluding carboxylic acids is 1. The van der Waals surface area contributed by atoms with Crippen molar-refractivity contribution in [3.8, 4) is 17.2 Å². The minimum atomic E-state index is -1.44. The van der Waals surface area contributed by atoms with Gasteiger partial charge < -0.3 is 44.5 Å². The minimum Gasteiger partial charge on any atom is -0.504 e. The molecule has 1 aliphatic heterocycles. The number of benzene rings is 1. The Morgan fingerprint density at radius 3 is 2.19 bits per heavy atom. The van der Waals surface area contributed by atoms with Crippen LogP contribution >= 0.6 is 0 Å². The molecule has 0 radical (unpaired) electrons. The van der Waals surface area contributed by atoms with Crippen LogP contribution in [0.1, 0.15) is 5.56 Å². The van der Waals surface area contributed by atoms with Crippen LogP contribution in [0.4, 0.5) is 0 Å². The number of phenolic OH excluding ortho intramolecular Hbond substituents is 2.